The van der Waals surface area contributed by atoms with Gasteiger partial charge >= 0.3 is 0 Å². The summed E-state index contributed by atoms with van der Waals surface area (Å²) in [5.41, 5.74) is 7.02. The van der Waals surface area contributed by atoms with Crippen molar-refractivity contribution >= 4 is 11.6 Å². The van der Waals surface area contributed by atoms with E-state index in [9.17, 15) is 0 Å². The van der Waals surface area contributed by atoms with Gasteiger partial charge < -0.3 is 0 Å². The average Bonchev–Trinajstić information content (AvgIpc) is 2.72. The Balaban J connectivity index is 2.50. The van der Waals surface area contributed by atoms with Crippen LogP contribution >= 0.6 is 11.6 Å². The lowest BCUT2D eigenvalue weighted by Crippen LogP contribution is -2.24. The lowest BCUT2D eigenvalue weighted by Gasteiger charge is -2.30. The van der Waals surface area contributed by atoms with Crippen LogP contribution in [0.3, 0.4) is 0 Å². The van der Waals surface area contributed by atoms with Gasteiger partial charge in [-0.2, -0.15) is 0 Å². The molecule has 1 atom stereocenters. The summed E-state index contributed by atoms with van der Waals surface area (Å²) in [5, 5.41) is 0.810. The molecule has 0 aromatic heterocycles. The largest absolute Gasteiger partial charge is 0.0986 e. The van der Waals surface area contributed by atoms with E-state index in [0.29, 0.717) is 0 Å². The Morgan fingerprint density at radius 3 is 2.33 bits per heavy atom. The minimum Gasteiger partial charge on any atom is -0.0986 e. The van der Waals surface area contributed by atoms with Crippen molar-refractivity contribution in [2.75, 3.05) is 0 Å². The SMILES string of the molecule is C=C(C)C1(C=C(C)C)c2ccccc2-c2c(Cl)cccc21. The molecule has 0 amide bonds. The van der Waals surface area contributed by atoms with Crippen LogP contribution in [0, 0.1) is 0 Å². The molecular formula is C20H19Cl. The van der Waals surface area contributed by atoms with Gasteiger partial charge in [-0.05, 0) is 43.5 Å². The number of benzene rings is 2. The predicted octanol–water partition coefficient (Wildman–Crippen LogP) is 6.15. The Bertz CT molecular complexity index is 763. The highest BCUT2D eigenvalue weighted by molar-refractivity contribution is 6.34. The van der Waals surface area contributed by atoms with Gasteiger partial charge in [0, 0.05) is 10.6 Å². The van der Waals surface area contributed by atoms with Gasteiger partial charge in [0.1, 0.15) is 0 Å². The second-order valence-corrected chi connectivity index (χ2v) is 6.43. The molecule has 1 aliphatic rings. The fraction of sp³-hybridized carbons (Fsp3) is 0.200. The van der Waals surface area contributed by atoms with E-state index in [1.807, 2.05) is 12.1 Å². The van der Waals surface area contributed by atoms with Crippen LogP contribution < -0.4 is 0 Å². The summed E-state index contributed by atoms with van der Waals surface area (Å²) < 4.78 is 0. The number of fused-ring (bicyclic) bond motifs is 3. The zero-order chi connectivity index (χ0) is 15.2. The fourth-order valence-electron chi connectivity index (χ4n) is 3.49. The van der Waals surface area contributed by atoms with Gasteiger partial charge in [0.25, 0.3) is 0 Å². The van der Waals surface area contributed by atoms with Crippen LogP contribution in [-0.2, 0) is 5.41 Å². The maximum absolute atomic E-state index is 6.52. The third-order valence-electron chi connectivity index (χ3n) is 4.24. The fourth-order valence-corrected chi connectivity index (χ4v) is 3.76. The summed E-state index contributed by atoms with van der Waals surface area (Å²) in [5.74, 6) is 0. The molecule has 0 spiro atoms. The summed E-state index contributed by atoms with van der Waals surface area (Å²) in [6.45, 7) is 10.7. The molecular weight excluding hydrogens is 276 g/mol. The molecule has 0 radical (unpaired) electrons. The zero-order valence-corrected chi connectivity index (χ0v) is 13.5. The van der Waals surface area contributed by atoms with Crippen molar-refractivity contribution in [3.05, 3.63) is 82.4 Å². The van der Waals surface area contributed by atoms with E-state index in [-0.39, 0.29) is 5.41 Å². The molecule has 0 saturated heterocycles. The monoisotopic (exact) mass is 294 g/mol. The van der Waals surface area contributed by atoms with Crippen LogP contribution in [-0.4, -0.2) is 0 Å². The van der Waals surface area contributed by atoms with Crippen molar-refractivity contribution in [1.29, 1.82) is 0 Å². The van der Waals surface area contributed by atoms with Crippen molar-refractivity contribution in [3.8, 4) is 11.1 Å². The van der Waals surface area contributed by atoms with E-state index in [4.69, 9.17) is 11.6 Å². The Kier molecular flexibility index (Phi) is 3.30. The molecule has 0 heterocycles. The quantitative estimate of drug-likeness (QED) is 0.583. The molecule has 0 aliphatic heterocycles. The predicted molar refractivity (Wildman–Crippen MR) is 91.9 cm³/mol. The molecule has 0 nitrogen and oxygen atoms in total. The van der Waals surface area contributed by atoms with Crippen LogP contribution in [0.4, 0.5) is 0 Å². The standard InChI is InChI=1S/C20H19Cl/c1-13(2)12-20(14(3)4)16-9-6-5-8-15(16)19-17(20)10-7-11-18(19)21/h5-12H,3H2,1-2,4H3. The molecule has 0 bridgehead atoms. The average molecular weight is 295 g/mol. The van der Waals surface area contributed by atoms with Crippen LogP contribution in [0.2, 0.25) is 5.02 Å². The van der Waals surface area contributed by atoms with Crippen LogP contribution in [0.1, 0.15) is 31.9 Å². The summed E-state index contributed by atoms with van der Waals surface area (Å²) in [4.78, 5) is 0. The molecule has 1 aliphatic carbocycles. The first-order chi connectivity index (χ1) is 9.98. The zero-order valence-electron chi connectivity index (χ0n) is 12.7. The third-order valence-corrected chi connectivity index (χ3v) is 4.55. The minimum atomic E-state index is -0.268. The molecule has 1 heteroatoms. The van der Waals surface area contributed by atoms with E-state index in [2.05, 4.69) is 63.8 Å². The molecule has 21 heavy (non-hydrogen) atoms. The van der Waals surface area contributed by atoms with Crippen LogP contribution in [0.25, 0.3) is 11.1 Å². The summed E-state index contributed by atoms with van der Waals surface area (Å²) >= 11 is 6.52. The first kappa shape index (κ1) is 14.2. The second kappa shape index (κ2) is 4.89. The van der Waals surface area contributed by atoms with Crippen molar-refractivity contribution in [2.45, 2.75) is 26.2 Å². The molecule has 2 aromatic rings. The Morgan fingerprint density at radius 2 is 1.67 bits per heavy atom. The van der Waals surface area contributed by atoms with E-state index in [1.165, 1.54) is 22.3 Å². The number of hydrogen-bond donors (Lipinski definition) is 0. The molecule has 0 N–H and O–H groups in total. The lowest BCUT2D eigenvalue weighted by molar-refractivity contribution is 0.776. The maximum atomic E-state index is 6.52. The van der Waals surface area contributed by atoms with Crippen LogP contribution in [0.5, 0.6) is 0 Å². The topological polar surface area (TPSA) is 0 Å². The smallest absolute Gasteiger partial charge is 0.0601 e. The highest BCUT2D eigenvalue weighted by atomic mass is 35.5. The highest BCUT2D eigenvalue weighted by Gasteiger charge is 2.42. The van der Waals surface area contributed by atoms with Crippen molar-refractivity contribution in [3.63, 3.8) is 0 Å². The molecule has 0 saturated carbocycles. The van der Waals surface area contributed by atoms with Gasteiger partial charge in [-0.1, -0.05) is 71.8 Å². The number of allylic oxidation sites excluding steroid dienone is 3. The molecule has 2 aromatic carbocycles. The maximum Gasteiger partial charge on any atom is 0.0601 e. The highest BCUT2D eigenvalue weighted by Crippen LogP contribution is 2.55. The van der Waals surface area contributed by atoms with Gasteiger partial charge in [-0.15, -0.1) is 0 Å². The Morgan fingerprint density at radius 1 is 1.00 bits per heavy atom. The van der Waals surface area contributed by atoms with Crippen molar-refractivity contribution in [2.24, 2.45) is 0 Å². The van der Waals surface area contributed by atoms with Gasteiger partial charge in [0.15, 0.2) is 0 Å². The van der Waals surface area contributed by atoms with E-state index >= 15 is 0 Å². The first-order valence-corrected chi connectivity index (χ1v) is 7.57. The van der Waals surface area contributed by atoms with Gasteiger partial charge in [0.2, 0.25) is 0 Å². The van der Waals surface area contributed by atoms with Crippen molar-refractivity contribution < 1.29 is 0 Å². The number of halogens is 1. The van der Waals surface area contributed by atoms with Gasteiger partial charge in [0.05, 0.1) is 5.41 Å². The first-order valence-electron chi connectivity index (χ1n) is 7.19. The van der Waals surface area contributed by atoms with Crippen LogP contribution in [0.15, 0.2) is 66.3 Å². The van der Waals surface area contributed by atoms with E-state index < -0.39 is 0 Å². The number of hydrogen-bond acceptors (Lipinski definition) is 0. The summed E-state index contributed by atoms with van der Waals surface area (Å²) in [7, 11) is 0. The van der Waals surface area contributed by atoms with Gasteiger partial charge in [-0.3, -0.25) is 0 Å². The molecule has 106 valence electrons. The second-order valence-electron chi connectivity index (χ2n) is 6.02. The number of rotatable bonds is 2. The van der Waals surface area contributed by atoms with Crippen molar-refractivity contribution in [1.82, 2.24) is 0 Å². The molecule has 0 fully saturated rings. The molecule has 3 rings (SSSR count). The minimum absolute atomic E-state index is 0.268. The lowest BCUT2D eigenvalue weighted by atomic mass is 9.72. The van der Waals surface area contributed by atoms with Gasteiger partial charge in [-0.25, -0.2) is 0 Å². The Labute approximate surface area is 131 Å². The van der Waals surface area contributed by atoms with E-state index in [1.54, 1.807) is 0 Å². The Hall–Kier alpha value is -1.79. The third kappa shape index (κ3) is 1.90. The summed E-state index contributed by atoms with van der Waals surface area (Å²) in [6, 6.07) is 14.7. The molecule has 1 unspecified atom stereocenters. The van der Waals surface area contributed by atoms with E-state index in [0.717, 1.165) is 16.2 Å². The summed E-state index contributed by atoms with van der Waals surface area (Å²) in [6.07, 6.45) is 2.32. The normalized spacial score (nSPS) is 18.9.